The fourth-order valence-electron chi connectivity index (χ4n) is 3.61. The molecule has 0 bridgehead atoms. The van der Waals surface area contributed by atoms with Crippen molar-refractivity contribution in [3.8, 4) is 0 Å². The predicted molar refractivity (Wildman–Crippen MR) is 116 cm³/mol. The average molecular weight is 429 g/mol. The molecule has 1 aromatic heterocycles. The summed E-state index contributed by atoms with van der Waals surface area (Å²) in [6.07, 6.45) is 0.311. The molecule has 1 aliphatic heterocycles. The molecular weight excluding hydrogens is 396 g/mol. The van der Waals surface area contributed by atoms with Crippen molar-refractivity contribution in [2.45, 2.75) is 40.3 Å². The van der Waals surface area contributed by atoms with Crippen LogP contribution in [0.25, 0.3) is 0 Å². The Bertz CT molecular complexity index is 851. The molecule has 0 spiro atoms. The average Bonchev–Trinajstić information content (AvgIpc) is 3.09. The quantitative estimate of drug-likeness (QED) is 0.656. The van der Waals surface area contributed by atoms with E-state index >= 15 is 0 Å². The summed E-state index contributed by atoms with van der Waals surface area (Å²) in [6.45, 7) is 10.4. The van der Waals surface area contributed by atoms with Gasteiger partial charge in [-0.25, -0.2) is 0 Å². The van der Waals surface area contributed by atoms with E-state index in [9.17, 15) is 9.59 Å². The molecule has 0 radical (unpaired) electrons. The molecule has 2 aromatic rings. The summed E-state index contributed by atoms with van der Waals surface area (Å²) in [4.78, 5) is 28.9. The Morgan fingerprint density at radius 3 is 2.39 bits per heavy atom. The van der Waals surface area contributed by atoms with Gasteiger partial charge in [0.15, 0.2) is 0 Å². The van der Waals surface area contributed by atoms with Gasteiger partial charge in [-0.1, -0.05) is 29.4 Å². The van der Waals surface area contributed by atoms with Gasteiger partial charge in [0.25, 0.3) is 0 Å². The van der Waals surface area contributed by atoms with Crippen molar-refractivity contribution in [1.82, 2.24) is 20.3 Å². The molecule has 1 aliphatic rings. The first-order valence-electron chi connectivity index (χ1n) is 10.8. The first-order chi connectivity index (χ1) is 15.0. The normalized spacial score (nSPS) is 14.6. The summed E-state index contributed by atoms with van der Waals surface area (Å²) >= 11 is 0. The second-order valence-corrected chi connectivity index (χ2v) is 7.87. The first-order valence-corrected chi connectivity index (χ1v) is 10.8. The number of aryl methyl sites for hydroxylation is 2. The lowest BCUT2D eigenvalue weighted by Gasteiger charge is -2.34. The van der Waals surface area contributed by atoms with Gasteiger partial charge in [0.2, 0.25) is 11.8 Å². The van der Waals surface area contributed by atoms with Gasteiger partial charge >= 0.3 is 0 Å². The number of rotatable bonds is 9. The van der Waals surface area contributed by atoms with Crippen LogP contribution in [-0.4, -0.2) is 66.1 Å². The lowest BCUT2D eigenvalue weighted by atomic mass is 10.1. The van der Waals surface area contributed by atoms with E-state index in [2.05, 4.69) is 15.4 Å². The topological polar surface area (TPSA) is 87.9 Å². The number of carbonyl (C=O) groups excluding carboxylic acids is 2. The number of nitrogens with zero attached hydrogens (tertiary/aromatic N) is 3. The van der Waals surface area contributed by atoms with E-state index in [0.29, 0.717) is 64.7 Å². The summed E-state index contributed by atoms with van der Waals surface area (Å²) < 4.78 is 10.5. The molecule has 1 N–H and O–H groups in total. The minimum atomic E-state index is -0.00566. The fourth-order valence-corrected chi connectivity index (χ4v) is 3.61. The van der Waals surface area contributed by atoms with Gasteiger partial charge in [0, 0.05) is 44.9 Å². The zero-order valence-electron chi connectivity index (χ0n) is 18.6. The molecule has 0 atom stereocenters. The van der Waals surface area contributed by atoms with Crippen molar-refractivity contribution in [2.75, 3.05) is 39.3 Å². The summed E-state index contributed by atoms with van der Waals surface area (Å²) in [5.41, 5.74) is 3.82. The molecule has 1 aromatic carbocycles. The smallest absolute Gasteiger partial charge is 0.234 e. The third-order valence-corrected chi connectivity index (χ3v) is 5.59. The molecule has 31 heavy (non-hydrogen) atoms. The number of aromatic nitrogens is 1. The standard InChI is InChI=1S/C23H32N4O4/c1-4-30-16-20-7-5-19(6-8-20)14-24-22(28)15-26-9-11-27(12-10-26)23(29)13-21-17(2)25-31-18(21)3/h5-8H,4,9-16H2,1-3H3,(H,24,28). The van der Waals surface area contributed by atoms with Gasteiger partial charge in [0.05, 0.1) is 25.3 Å². The minimum Gasteiger partial charge on any atom is -0.377 e. The maximum atomic E-state index is 12.6. The third-order valence-electron chi connectivity index (χ3n) is 5.59. The Balaban J connectivity index is 1.37. The second-order valence-electron chi connectivity index (χ2n) is 7.87. The van der Waals surface area contributed by atoms with Crippen LogP contribution in [0.15, 0.2) is 28.8 Å². The minimum absolute atomic E-state index is 0.00566. The van der Waals surface area contributed by atoms with Crippen LogP contribution in [0, 0.1) is 13.8 Å². The monoisotopic (exact) mass is 428 g/mol. The molecule has 1 fully saturated rings. The maximum absolute atomic E-state index is 12.6. The predicted octanol–water partition coefficient (Wildman–Crippen LogP) is 1.83. The van der Waals surface area contributed by atoms with Gasteiger partial charge in [-0.15, -0.1) is 0 Å². The van der Waals surface area contributed by atoms with Crippen molar-refractivity contribution in [3.05, 3.63) is 52.4 Å². The summed E-state index contributed by atoms with van der Waals surface area (Å²) in [7, 11) is 0. The molecule has 2 heterocycles. The molecule has 0 aliphatic carbocycles. The van der Waals surface area contributed by atoms with Crippen LogP contribution in [0.4, 0.5) is 0 Å². The lowest BCUT2D eigenvalue weighted by molar-refractivity contribution is -0.132. The molecule has 1 saturated heterocycles. The number of hydrogen-bond donors (Lipinski definition) is 1. The van der Waals surface area contributed by atoms with E-state index < -0.39 is 0 Å². The van der Waals surface area contributed by atoms with Crippen molar-refractivity contribution in [2.24, 2.45) is 0 Å². The van der Waals surface area contributed by atoms with E-state index in [1.165, 1.54) is 0 Å². The maximum Gasteiger partial charge on any atom is 0.234 e. The van der Waals surface area contributed by atoms with Crippen molar-refractivity contribution >= 4 is 11.8 Å². The van der Waals surface area contributed by atoms with E-state index in [-0.39, 0.29) is 11.8 Å². The SMILES string of the molecule is CCOCc1ccc(CNC(=O)CN2CCN(C(=O)Cc3c(C)noc3C)CC2)cc1. The van der Waals surface area contributed by atoms with Crippen LogP contribution in [0.5, 0.6) is 0 Å². The third kappa shape index (κ3) is 6.63. The highest BCUT2D eigenvalue weighted by molar-refractivity contribution is 5.80. The van der Waals surface area contributed by atoms with Gasteiger partial charge in [-0.2, -0.15) is 0 Å². The Hall–Kier alpha value is -2.71. The first kappa shape index (κ1) is 23.0. The lowest BCUT2D eigenvalue weighted by Crippen LogP contribution is -2.51. The summed E-state index contributed by atoms with van der Waals surface area (Å²) in [5.74, 6) is 0.769. The molecule has 168 valence electrons. The molecule has 0 unspecified atom stereocenters. The van der Waals surface area contributed by atoms with Crippen LogP contribution < -0.4 is 5.32 Å². The highest BCUT2D eigenvalue weighted by atomic mass is 16.5. The van der Waals surface area contributed by atoms with Crippen LogP contribution in [0.2, 0.25) is 0 Å². The Morgan fingerprint density at radius 2 is 1.77 bits per heavy atom. The number of ether oxygens (including phenoxy) is 1. The van der Waals surface area contributed by atoms with Crippen LogP contribution in [0.1, 0.15) is 35.1 Å². The molecule has 8 heteroatoms. The van der Waals surface area contributed by atoms with Crippen molar-refractivity contribution in [1.29, 1.82) is 0 Å². The summed E-state index contributed by atoms with van der Waals surface area (Å²) in [6, 6.07) is 8.07. The molecule has 8 nitrogen and oxygen atoms in total. The summed E-state index contributed by atoms with van der Waals surface area (Å²) in [5, 5.41) is 6.89. The number of nitrogens with one attached hydrogen (secondary N) is 1. The van der Waals surface area contributed by atoms with E-state index in [1.54, 1.807) is 0 Å². The van der Waals surface area contributed by atoms with Gasteiger partial charge in [-0.05, 0) is 31.9 Å². The van der Waals surface area contributed by atoms with Gasteiger partial charge in [-0.3, -0.25) is 14.5 Å². The van der Waals surface area contributed by atoms with Crippen molar-refractivity contribution in [3.63, 3.8) is 0 Å². The Labute approximate surface area is 183 Å². The Kier molecular flexibility index (Phi) is 8.20. The number of hydrogen-bond acceptors (Lipinski definition) is 6. The number of benzene rings is 1. The highest BCUT2D eigenvalue weighted by Crippen LogP contribution is 2.15. The zero-order chi connectivity index (χ0) is 22.2. The van der Waals surface area contributed by atoms with Crippen LogP contribution in [-0.2, 0) is 33.9 Å². The largest absolute Gasteiger partial charge is 0.377 e. The molecule has 2 amide bonds. The molecular formula is C23H32N4O4. The number of carbonyl (C=O) groups is 2. The zero-order valence-corrected chi connectivity index (χ0v) is 18.6. The van der Waals surface area contributed by atoms with E-state index in [1.807, 2.05) is 49.9 Å². The molecule has 3 rings (SSSR count). The van der Waals surface area contributed by atoms with Gasteiger partial charge < -0.3 is 19.5 Å². The highest BCUT2D eigenvalue weighted by Gasteiger charge is 2.24. The number of piperazine rings is 1. The number of amides is 2. The van der Waals surface area contributed by atoms with Crippen molar-refractivity contribution < 1.29 is 18.8 Å². The van der Waals surface area contributed by atoms with Crippen LogP contribution >= 0.6 is 0 Å². The second kappa shape index (κ2) is 11.1. The Morgan fingerprint density at radius 1 is 1.10 bits per heavy atom. The fraction of sp³-hybridized carbons (Fsp3) is 0.522. The van der Waals surface area contributed by atoms with Gasteiger partial charge in [0.1, 0.15) is 5.76 Å². The molecule has 0 saturated carbocycles. The van der Waals surface area contributed by atoms with E-state index in [4.69, 9.17) is 9.26 Å². The van der Waals surface area contributed by atoms with E-state index in [0.717, 1.165) is 22.4 Å². The van der Waals surface area contributed by atoms with Crippen LogP contribution in [0.3, 0.4) is 0 Å².